The summed E-state index contributed by atoms with van der Waals surface area (Å²) in [4.78, 5) is 17.9. The molecule has 0 amide bonds. The van der Waals surface area contributed by atoms with Gasteiger partial charge in [-0.2, -0.15) is 21.6 Å². The summed E-state index contributed by atoms with van der Waals surface area (Å²) in [5, 5.41) is 0. The van der Waals surface area contributed by atoms with Crippen molar-refractivity contribution in [2.75, 3.05) is 24.1 Å². The highest BCUT2D eigenvalue weighted by Crippen LogP contribution is 2.30. The van der Waals surface area contributed by atoms with E-state index in [1.165, 1.54) is 36.4 Å². The first-order valence-corrected chi connectivity index (χ1v) is 12.2. The summed E-state index contributed by atoms with van der Waals surface area (Å²) < 4.78 is 65.6. The Kier molecular flexibility index (Phi) is 7.51. The Morgan fingerprint density at radius 3 is 2.31 bits per heavy atom. The van der Waals surface area contributed by atoms with Crippen molar-refractivity contribution in [3.63, 3.8) is 0 Å². The Hall–Kier alpha value is -2.11. The van der Waals surface area contributed by atoms with E-state index in [1.807, 2.05) is 0 Å². The molecule has 0 radical (unpaired) electrons. The van der Waals surface area contributed by atoms with Gasteiger partial charge in [0.25, 0.3) is 10.0 Å². The number of benzene rings is 2. The van der Waals surface area contributed by atoms with Crippen LogP contribution in [0.15, 0.2) is 51.8 Å². The van der Waals surface area contributed by atoms with Gasteiger partial charge >= 0.3 is 12.1 Å². The quantitative estimate of drug-likeness (QED) is 0.511. The third-order valence-corrected chi connectivity index (χ3v) is 7.18. The highest BCUT2D eigenvalue weighted by molar-refractivity contribution is 9.10. The third-order valence-electron chi connectivity index (χ3n) is 5.06. The fourth-order valence-corrected chi connectivity index (χ4v) is 4.97. The minimum atomic E-state index is -5.36. The zero-order valence-corrected chi connectivity index (χ0v) is 19.6. The first-order valence-electron chi connectivity index (χ1n) is 9.96. The number of anilines is 1. The zero-order chi connectivity index (χ0) is 23.5. The second kappa shape index (κ2) is 9.80. The van der Waals surface area contributed by atoms with E-state index in [4.69, 9.17) is 0 Å². The molecule has 2 aromatic carbocycles. The smallest absolute Gasteiger partial charge is 0.317 e. The minimum absolute atomic E-state index is 0.0566. The van der Waals surface area contributed by atoms with Crippen molar-refractivity contribution in [3.8, 4) is 0 Å². The zero-order valence-electron chi connectivity index (χ0n) is 17.2. The van der Waals surface area contributed by atoms with Crippen LogP contribution in [0.2, 0.25) is 0 Å². The molecule has 32 heavy (non-hydrogen) atoms. The lowest BCUT2D eigenvalue weighted by atomic mass is 10.0. The predicted octanol–water partition coefficient (Wildman–Crippen LogP) is 4.48. The molecule has 0 saturated heterocycles. The van der Waals surface area contributed by atoms with E-state index in [-0.39, 0.29) is 15.1 Å². The van der Waals surface area contributed by atoms with Crippen LogP contribution in [-0.2, 0) is 32.5 Å². The van der Waals surface area contributed by atoms with Gasteiger partial charge in [0.05, 0.1) is 10.6 Å². The molecule has 1 heterocycles. The average Bonchev–Trinajstić information content (AvgIpc) is 2.93. The molecule has 1 aliphatic heterocycles. The van der Waals surface area contributed by atoms with E-state index in [2.05, 4.69) is 32.6 Å². The summed E-state index contributed by atoms with van der Waals surface area (Å²) in [6.45, 7) is 4.58. The third kappa shape index (κ3) is 5.62. The van der Waals surface area contributed by atoms with Crippen molar-refractivity contribution in [3.05, 3.63) is 58.1 Å². The molecule has 0 aliphatic carbocycles. The molecule has 0 atom stereocenters. The summed E-state index contributed by atoms with van der Waals surface area (Å²) >= 11 is 3.18. The molecular weight excluding hydrogens is 513 g/mol. The van der Waals surface area contributed by atoms with Gasteiger partial charge in [0, 0.05) is 17.6 Å². The second-order valence-electron chi connectivity index (χ2n) is 7.36. The Balaban J connectivity index is 2.01. The first kappa shape index (κ1) is 24.5. The topological polar surface area (TPSA) is 66.9 Å². The number of rotatable bonds is 6. The van der Waals surface area contributed by atoms with E-state index in [1.54, 1.807) is 6.07 Å². The number of nitrogens with zero attached hydrogens (tertiary/aromatic N) is 2. The molecule has 0 aromatic heterocycles. The van der Waals surface area contributed by atoms with Crippen molar-refractivity contribution in [1.29, 1.82) is 0 Å². The van der Waals surface area contributed by atoms with E-state index in [0.29, 0.717) is 10.9 Å². The first-order chi connectivity index (χ1) is 15.0. The highest BCUT2D eigenvalue weighted by Gasteiger charge is 2.45. The summed E-state index contributed by atoms with van der Waals surface area (Å²) in [7, 11) is -4.62. The lowest BCUT2D eigenvalue weighted by molar-refractivity contribution is -0.199. The van der Waals surface area contributed by atoms with Crippen molar-refractivity contribution in [2.24, 2.45) is 0 Å². The van der Waals surface area contributed by atoms with Crippen LogP contribution in [0.5, 0.6) is 0 Å². The van der Waals surface area contributed by atoms with Gasteiger partial charge in [-0.15, -0.1) is 0 Å². The second-order valence-corrected chi connectivity index (χ2v) is 10.0. The van der Waals surface area contributed by atoms with Gasteiger partial charge in [-0.1, -0.05) is 33.4 Å². The number of fused-ring (bicyclic) bond motifs is 1. The number of halogens is 4. The molecule has 6 nitrogen and oxygen atoms in total. The van der Waals surface area contributed by atoms with E-state index >= 15 is 0 Å². The fraction of sp³-hybridized carbons (Fsp3) is 0.381. The normalized spacial score (nSPS) is 15.0. The van der Waals surface area contributed by atoms with Crippen LogP contribution in [-0.4, -0.2) is 45.1 Å². The molecule has 0 bridgehead atoms. The van der Waals surface area contributed by atoms with Gasteiger partial charge < -0.3 is 9.74 Å². The summed E-state index contributed by atoms with van der Waals surface area (Å²) in [5.74, 6) is -2.62. The van der Waals surface area contributed by atoms with Crippen LogP contribution >= 0.6 is 15.9 Å². The van der Waals surface area contributed by atoms with Crippen molar-refractivity contribution >= 4 is 37.6 Å². The molecule has 0 spiro atoms. The SMILES string of the molecule is CCCN1CCc2ccc(N(OC(=O)C(F)(F)F)S(=O)(=O)c3ccc(Br)cc3)cc2CC1. The highest BCUT2D eigenvalue weighted by atomic mass is 79.9. The van der Waals surface area contributed by atoms with Gasteiger partial charge in [-0.25, -0.2) is 4.79 Å². The maximum Gasteiger partial charge on any atom is 0.493 e. The van der Waals surface area contributed by atoms with Gasteiger partial charge in [0.1, 0.15) is 0 Å². The standard InChI is InChI=1S/C21H22BrF3N2O4S/c1-2-11-26-12-9-15-3-6-18(14-16(15)10-13-26)27(31-20(28)21(23,24)25)32(29,30)19-7-4-17(22)5-8-19/h3-8,14H,2,9-13H2,1H3. The molecule has 11 heteroatoms. The lowest BCUT2D eigenvalue weighted by Crippen LogP contribution is -2.38. The summed E-state index contributed by atoms with van der Waals surface area (Å²) in [6.07, 6.45) is -3.03. The Bertz CT molecular complexity index is 1080. The van der Waals surface area contributed by atoms with Gasteiger partial charge in [-0.3, -0.25) is 0 Å². The van der Waals surface area contributed by atoms with E-state index < -0.39 is 22.2 Å². The maximum absolute atomic E-state index is 13.1. The number of alkyl halides is 3. The number of carbonyl (C=O) groups excluding carboxylic acids is 1. The molecule has 0 fully saturated rings. The van der Waals surface area contributed by atoms with Crippen molar-refractivity contribution in [2.45, 2.75) is 37.3 Å². The van der Waals surface area contributed by atoms with Crippen molar-refractivity contribution < 1.29 is 31.2 Å². The summed E-state index contributed by atoms with van der Waals surface area (Å²) in [5.41, 5.74) is 1.61. The lowest BCUT2D eigenvalue weighted by Gasteiger charge is -2.24. The van der Waals surface area contributed by atoms with Crippen LogP contribution < -0.4 is 4.47 Å². The summed E-state index contributed by atoms with van der Waals surface area (Å²) in [6, 6.07) is 9.77. The number of hydrogen-bond donors (Lipinski definition) is 0. The molecule has 3 rings (SSSR count). The minimum Gasteiger partial charge on any atom is -0.317 e. The largest absolute Gasteiger partial charge is 0.493 e. The molecule has 0 saturated carbocycles. The van der Waals surface area contributed by atoms with Gasteiger partial charge in [0.15, 0.2) is 0 Å². The van der Waals surface area contributed by atoms with E-state index in [9.17, 15) is 26.4 Å². The van der Waals surface area contributed by atoms with Gasteiger partial charge in [-0.05, 0) is 73.3 Å². The van der Waals surface area contributed by atoms with Crippen LogP contribution in [0.4, 0.5) is 18.9 Å². The number of sulfonamides is 1. The fourth-order valence-electron chi connectivity index (χ4n) is 3.48. The van der Waals surface area contributed by atoms with Crippen LogP contribution in [0.3, 0.4) is 0 Å². The molecular formula is C21H22BrF3N2O4S. The molecule has 174 valence electrons. The Morgan fingerprint density at radius 2 is 1.72 bits per heavy atom. The van der Waals surface area contributed by atoms with E-state index in [0.717, 1.165) is 43.6 Å². The average molecular weight is 535 g/mol. The Morgan fingerprint density at radius 1 is 1.09 bits per heavy atom. The molecule has 0 unspecified atom stereocenters. The van der Waals surface area contributed by atoms with Gasteiger partial charge in [0.2, 0.25) is 0 Å². The number of hydrogen-bond acceptors (Lipinski definition) is 5. The monoisotopic (exact) mass is 534 g/mol. The van der Waals surface area contributed by atoms with Crippen LogP contribution in [0.25, 0.3) is 0 Å². The molecule has 0 N–H and O–H groups in total. The molecule has 1 aliphatic rings. The number of carbonyl (C=O) groups is 1. The van der Waals surface area contributed by atoms with Crippen LogP contribution in [0.1, 0.15) is 24.5 Å². The molecule has 2 aromatic rings. The Labute approximate surface area is 193 Å². The maximum atomic E-state index is 13.1. The van der Waals surface area contributed by atoms with Crippen molar-refractivity contribution in [1.82, 2.24) is 4.90 Å². The predicted molar refractivity (Wildman–Crippen MR) is 117 cm³/mol. The van der Waals surface area contributed by atoms with Crippen LogP contribution in [0, 0.1) is 0 Å².